The number of aliphatic hydroxyl groups is 1. The van der Waals surface area contributed by atoms with Gasteiger partial charge >= 0.3 is 0 Å². The highest BCUT2D eigenvalue weighted by molar-refractivity contribution is 7.15. The maximum atomic E-state index is 13.3. The van der Waals surface area contributed by atoms with Crippen LogP contribution < -0.4 is 10.6 Å². The number of hydrogen-bond donors (Lipinski definition) is 3. The molecule has 1 aromatic carbocycles. The molecular formula is C20H26F2N4O3S. The van der Waals surface area contributed by atoms with Crippen molar-refractivity contribution < 1.29 is 23.5 Å². The van der Waals surface area contributed by atoms with Crippen molar-refractivity contribution in [1.29, 1.82) is 0 Å². The molecule has 1 unspecified atom stereocenters. The van der Waals surface area contributed by atoms with E-state index >= 15 is 0 Å². The van der Waals surface area contributed by atoms with Crippen molar-refractivity contribution in [2.24, 2.45) is 0 Å². The number of aromatic nitrogens is 2. The Morgan fingerprint density at radius 1 is 1.20 bits per heavy atom. The first-order valence-electron chi connectivity index (χ1n) is 9.64. The van der Waals surface area contributed by atoms with Gasteiger partial charge in [-0.3, -0.25) is 14.9 Å². The number of anilines is 1. The molecule has 30 heavy (non-hydrogen) atoms. The first-order chi connectivity index (χ1) is 14.1. The Labute approximate surface area is 177 Å². The highest BCUT2D eigenvalue weighted by Crippen LogP contribution is 2.31. The molecule has 1 heterocycles. The molecule has 0 aliphatic carbocycles. The first-order valence-corrected chi connectivity index (χ1v) is 10.5. The third kappa shape index (κ3) is 6.81. The average molecular weight is 441 g/mol. The summed E-state index contributed by atoms with van der Waals surface area (Å²) in [5.41, 5.74) is -0.201. The summed E-state index contributed by atoms with van der Waals surface area (Å²) < 4.78 is 26.6. The van der Waals surface area contributed by atoms with Gasteiger partial charge in [-0.05, 0) is 30.5 Å². The zero-order chi connectivity index (χ0) is 22.3. The van der Waals surface area contributed by atoms with Gasteiger partial charge in [0, 0.05) is 18.1 Å². The van der Waals surface area contributed by atoms with E-state index in [1.54, 1.807) is 0 Å². The van der Waals surface area contributed by atoms with E-state index in [1.807, 2.05) is 20.8 Å². The molecule has 0 radical (unpaired) electrons. The van der Waals surface area contributed by atoms with Crippen LogP contribution in [0.15, 0.2) is 18.2 Å². The van der Waals surface area contributed by atoms with Gasteiger partial charge < -0.3 is 10.4 Å². The van der Waals surface area contributed by atoms with Crippen molar-refractivity contribution in [3.05, 3.63) is 40.4 Å². The molecule has 2 amide bonds. The van der Waals surface area contributed by atoms with Crippen LogP contribution in [0, 0.1) is 11.6 Å². The van der Waals surface area contributed by atoms with Crippen LogP contribution in [0.25, 0.3) is 0 Å². The minimum Gasteiger partial charge on any atom is -0.396 e. The summed E-state index contributed by atoms with van der Waals surface area (Å²) in [6.45, 7) is 5.72. The van der Waals surface area contributed by atoms with Gasteiger partial charge in [-0.2, -0.15) is 0 Å². The zero-order valence-electron chi connectivity index (χ0n) is 17.2. The fourth-order valence-electron chi connectivity index (χ4n) is 2.83. The van der Waals surface area contributed by atoms with Crippen LogP contribution in [0.1, 0.15) is 50.6 Å². The Morgan fingerprint density at radius 2 is 1.87 bits per heavy atom. The van der Waals surface area contributed by atoms with E-state index in [0.29, 0.717) is 29.4 Å². The maximum absolute atomic E-state index is 13.3. The zero-order valence-corrected chi connectivity index (χ0v) is 18.0. The Balaban J connectivity index is 2.02. The normalized spacial score (nSPS) is 12.5. The molecule has 2 aromatic rings. The molecule has 0 fully saturated rings. The number of halogens is 2. The second-order valence-electron chi connectivity index (χ2n) is 7.62. The summed E-state index contributed by atoms with van der Waals surface area (Å²) in [7, 11) is 0. The predicted octanol–water partition coefficient (Wildman–Crippen LogP) is 2.94. The SMILES string of the molecule is CCCC(NC(=O)Cc1cc(F)cc(F)c1)C(=O)Nc1nnc(C(C)(C)CCO)s1. The van der Waals surface area contributed by atoms with E-state index in [4.69, 9.17) is 0 Å². The van der Waals surface area contributed by atoms with Gasteiger partial charge in [-0.1, -0.05) is 38.5 Å². The quantitative estimate of drug-likeness (QED) is 0.527. The Kier molecular flexibility index (Phi) is 8.36. The molecule has 2 rings (SSSR count). The molecule has 0 saturated heterocycles. The van der Waals surface area contributed by atoms with Crippen molar-refractivity contribution in [2.45, 2.75) is 57.9 Å². The molecule has 0 bridgehead atoms. The lowest BCUT2D eigenvalue weighted by Crippen LogP contribution is -2.44. The topological polar surface area (TPSA) is 104 Å². The van der Waals surface area contributed by atoms with Gasteiger partial charge in [0.05, 0.1) is 6.42 Å². The van der Waals surface area contributed by atoms with Crippen molar-refractivity contribution in [3.8, 4) is 0 Å². The first kappa shape index (κ1) is 23.8. The van der Waals surface area contributed by atoms with Gasteiger partial charge in [-0.15, -0.1) is 10.2 Å². The number of amides is 2. The highest BCUT2D eigenvalue weighted by Gasteiger charge is 2.26. The smallest absolute Gasteiger partial charge is 0.248 e. The third-order valence-electron chi connectivity index (χ3n) is 4.49. The Morgan fingerprint density at radius 3 is 2.47 bits per heavy atom. The fourth-order valence-corrected chi connectivity index (χ4v) is 3.70. The van der Waals surface area contributed by atoms with Crippen molar-refractivity contribution in [3.63, 3.8) is 0 Å². The molecule has 0 saturated carbocycles. The molecule has 7 nitrogen and oxygen atoms in total. The highest BCUT2D eigenvalue weighted by atomic mass is 32.1. The molecule has 0 spiro atoms. The Bertz CT molecular complexity index is 868. The van der Waals surface area contributed by atoms with Crippen LogP contribution in [-0.4, -0.2) is 39.8 Å². The van der Waals surface area contributed by atoms with Crippen LogP contribution in [0.3, 0.4) is 0 Å². The summed E-state index contributed by atoms with van der Waals surface area (Å²) in [5.74, 6) is -2.50. The molecule has 0 aliphatic heterocycles. The summed E-state index contributed by atoms with van der Waals surface area (Å²) in [4.78, 5) is 24.9. The molecule has 0 aliphatic rings. The molecule has 3 N–H and O–H groups in total. The van der Waals surface area contributed by atoms with Gasteiger partial charge in [0.2, 0.25) is 16.9 Å². The molecule has 164 valence electrons. The molecule has 1 atom stereocenters. The lowest BCUT2D eigenvalue weighted by Gasteiger charge is -2.19. The number of carbonyl (C=O) groups excluding carboxylic acids is 2. The summed E-state index contributed by atoms with van der Waals surface area (Å²) >= 11 is 1.21. The van der Waals surface area contributed by atoms with E-state index in [9.17, 15) is 23.5 Å². The average Bonchev–Trinajstić information content (AvgIpc) is 3.09. The second kappa shape index (κ2) is 10.5. The van der Waals surface area contributed by atoms with E-state index in [1.165, 1.54) is 11.3 Å². The number of nitrogens with one attached hydrogen (secondary N) is 2. The molecule has 10 heteroatoms. The molecular weight excluding hydrogens is 414 g/mol. The lowest BCUT2D eigenvalue weighted by molar-refractivity contribution is -0.126. The maximum Gasteiger partial charge on any atom is 0.248 e. The minimum atomic E-state index is -0.821. The van der Waals surface area contributed by atoms with Crippen molar-refractivity contribution >= 4 is 28.3 Å². The van der Waals surface area contributed by atoms with Crippen LogP contribution in [0.2, 0.25) is 0 Å². The van der Waals surface area contributed by atoms with Crippen LogP contribution in [-0.2, 0) is 21.4 Å². The standard InChI is InChI=1S/C20H26F2N4O3S/c1-4-5-15(23-16(28)10-12-8-13(21)11-14(22)9-12)17(29)24-19-26-25-18(30-19)20(2,3)6-7-27/h8-9,11,15,27H,4-7,10H2,1-3H3,(H,23,28)(H,24,26,29). The lowest BCUT2D eigenvalue weighted by atomic mass is 9.91. The number of nitrogens with zero attached hydrogens (tertiary/aromatic N) is 2. The summed E-state index contributed by atoms with van der Waals surface area (Å²) in [6, 6.07) is 2.06. The molecule has 1 aromatic heterocycles. The van der Waals surface area contributed by atoms with Gasteiger partial charge in [0.25, 0.3) is 0 Å². The number of hydrogen-bond acceptors (Lipinski definition) is 6. The van der Waals surface area contributed by atoms with E-state index in [-0.39, 0.29) is 24.0 Å². The summed E-state index contributed by atoms with van der Waals surface area (Å²) in [6.07, 6.45) is 1.28. The van der Waals surface area contributed by atoms with Gasteiger partial charge in [-0.25, -0.2) is 8.78 Å². The monoisotopic (exact) mass is 440 g/mol. The second-order valence-corrected chi connectivity index (χ2v) is 8.60. The number of aliphatic hydroxyl groups excluding tert-OH is 1. The van der Waals surface area contributed by atoms with Crippen molar-refractivity contribution in [1.82, 2.24) is 15.5 Å². The van der Waals surface area contributed by atoms with Crippen LogP contribution in [0.5, 0.6) is 0 Å². The van der Waals surface area contributed by atoms with Gasteiger partial charge in [0.15, 0.2) is 0 Å². The van der Waals surface area contributed by atoms with Crippen LogP contribution >= 0.6 is 11.3 Å². The predicted molar refractivity (Wildman–Crippen MR) is 110 cm³/mol. The largest absolute Gasteiger partial charge is 0.396 e. The number of rotatable bonds is 10. The van der Waals surface area contributed by atoms with Crippen molar-refractivity contribution in [2.75, 3.05) is 11.9 Å². The fraction of sp³-hybridized carbons (Fsp3) is 0.500. The third-order valence-corrected chi connectivity index (χ3v) is 5.69. The van der Waals surface area contributed by atoms with Crippen LogP contribution in [0.4, 0.5) is 13.9 Å². The van der Waals surface area contributed by atoms with Gasteiger partial charge in [0.1, 0.15) is 22.7 Å². The van der Waals surface area contributed by atoms with E-state index < -0.39 is 29.5 Å². The number of carbonyl (C=O) groups is 2. The summed E-state index contributed by atoms with van der Waals surface area (Å²) in [5, 5.41) is 23.5. The van der Waals surface area contributed by atoms with E-state index in [2.05, 4.69) is 20.8 Å². The minimum absolute atomic E-state index is 0.00803. The number of benzene rings is 1. The van der Waals surface area contributed by atoms with E-state index in [0.717, 1.165) is 18.2 Å². The Hall–Kier alpha value is -2.46.